The van der Waals surface area contributed by atoms with Gasteiger partial charge in [0.25, 0.3) is 0 Å². The van der Waals surface area contributed by atoms with Crippen LogP contribution in [0.3, 0.4) is 0 Å². The number of rotatable bonds is 4. The van der Waals surface area contributed by atoms with Crippen molar-refractivity contribution in [3.8, 4) is 5.75 Å². The Labute approximate surface area is 104 Å². The maximum Gasteiger partial charge on any atom is 0.138 e. The molecule has 1 unspecified atom stereocenters. The molecule has 0 aliphatic rings. The molecule has 1 aromatic carbocycles. The van der Waals surface area contributed by atoms with E-state index >= 15 is 0 Å². The number of halogens is 2. The first kappa shape index (κ1) is 12.7. The highest BCUT2D eigenvalue weighted by Gasteiger charge is 2.09. The van der Waals surface area contributed by atoms with Crippen LogP contribution in [0.1, 0.15) is 13.8 Å². The van der Waals surface area contributed by atoms with Gasteiger partial charge < -0.3 is 10.4 Å². The van der Waals surface area contributed by atoms with Gasteiger partial charge in [-0.15, -0.1) is 0 Å². The van der Waals surface area contributed by atoms with Crippen LogP contribution in [0, 0.1) is 5.92 Å². The predicted octanol–water partition coefficient (Wildman–Crippen LogP) is 3.88. The Bertz CT molecular complexity index is 330. The molecule has 84 valence electrons. The van der Waals surface area contributed by atoms with Crippen LogP contribution >= 0.6 is 27.5 Å². The van der Waals surface area contributed by atoms with E-state index in [2.05, 4.69) is 35.1 Å². The first-order valence-corrected chi connectivity index (χ1v) is 6.16. The van der Waals surface area contributed by atoms with Crippen LogP contribution < -0.4 is 5.32 Å². The summed E-state index contributed by atoms with van der Waals surface area (Å²) in [6, 6.07) is 4.97. The van der Waals surface area contributed by atoms with Gasteiger partial charge in [-0.25, -0.2) is 0 Å². The molecule has 1 rings (SSSR count). The number of benzene rings is 1. The lowest BCUT2D eigenvalue weighted by Gasteiger charge is -2.16. The van der Waals surface area contributed by atoms with Crippen LogP contribution in [0.2, 0.25) is 5.02 Å². The molecular formula is C11H15BrClNO. The summed E-state index contributed by atoms with van der Waals surface area (Å²) in [4.78, 5) is 0.371. The largest absolute Gasteiger partial charge is 0.506 e. The fourth-order valence-corrected chi connectivity index (χ4v) is 1.43. The molecule has 1 aromatic rings. The van der Waals surface area contributed by atoms with Gasteiger partial charge in [0.15, 0.2) is 0 Å². The minimum Gasteiger partial charge on any atom is -0.506 e. The number of nitrogens with one attached hydrogen (secondary N) is 1. The Morgan fingerprint density at radius 3 is 2.73 bits per heavy atom. The van der Waals surface area contributed by atoms with Crippen LogP contribution in [0.25, 0.3) is 0 Å². The average molecular weight is 293 g/mol. The second-order valence-electron chi connectivity index (χ2n) is 3.80. The Kier molecular flexibility index (Phi) is 4.74. The van der Waals surface area contributed by atoms with Gasteiger partial charge in [-0.05, 0) is 24.1 Å². The van der Waals surface area contributed by atoms with Gasteiger partial charge in [0.2, 0.25) is 0 Å². The molecule has 0 radical (unpaired) electrons. The third-order valence-electron chi connectivity index (χ3n) is 2.17. The number of phenolic OH excluding ortho intramolecular Hbond substituents is 1. The molecule has 0 aliphatic carbocycles. The monoisotopic (exact) mass is 291 g/mol. The van der Waals surface area contributed by atoms with Gasteiger partial charge in [0, 0.05) is 16.4 Å². The van der Waals surface area contributed by atoms with E-state index in [0.29, 0.717) is 21.5 Å². The fraction of sp³-hybridized carbons (Fsp3) is 0.455. The molecule has 1 atom stereocenters. The van der Waals surface area contributed by atoms with Crippen LogP contribution in [-0.4, -0.2) is 16.5 Å². The van der Waals surface area contributed by atoms with Gasteiger partial charge >= 0.3 is 0 Å². The zero-order valence-electron chi connectivity index (χ0n) is 8.80. The standard InChI is InChI=1S/C11H15BrClNO/c1-7(2)9(12)6-14-10-5-8(13)3-4-11(10)15/h3-5,7,9,14-15H,6H2,1-2H3. The number of aromatic hydroxyl groups is 1. The van der Waals surface area contributed by atoms with Crippen molar-refractivity contribution in [2.75, 3.05) is 11.9 Å². The van der Waals surface area contributed by atoms with Crippen LogP contribution in [0.15, 0.2) is 18.2 Å². The second kappa shape index (κ2) is 5.61. The lowest BCUT2D eigenvalue weighted by Crippen LogP contribution is -2.19. The van der Waals surface area contributed by atoms with E-state index in [1.165, 1.54) is 0 Å². The lowest BCUT2D eigenvalue weighted by molar-refractivity contribution is 0.477. The summed E-state index contributed by atoms with van der Waals surface area (Å²) < 4.78 is 0. The molecule has 0 saturated carbocycles. The van der Waals surface area contributed by atoms with Crippen LogP contribution in [0.4, 0.5) is 5.69 Å². The third kappa shape index (κ3) is 3.92. The van der Waals surface area contributed by atoms with Crippen molar-refractivity contribution in [2.24, 2.45) is 5.92 Å². The summed E-state index contributed by atoms with van der Waals surface area (Å²) in [6.45, 7) is 5.03. The quantitative estimate of drug-likeness (QED) is 0.652. The first-order valence-electron chi connectivity index (χ1n) is 4.87. The summed E-state index contributed by atoms with van der Waals surface area (Å²) in [6.07, 6.45) is 0. The lowest BCUT2D eigenvalue weighted by atomic mass is 10.1. The molecule has 0 amide bonds. The van der Waals surface area contributed by atoms with E-state index < -0.39 is 0 Å². The van der Waals surface area contributed by atoms with Crippen molar-refractivity contribution in [2.45, 2.75) is 18.7 Å². The smallest absolute Gasteiger partial charge is 0.138 e. The van der Waals surface area contributed by atoms with Gasteiger partial charge in [-0.1, -0.05) is 41.4 Å². The molecule has 0 aliphatic heterocycles. The van der Waals surface area contributed by atoms with Gasteiger partial charge in [0.05, 0.1) is 5.69 Å². The van der Waals surface area contributed by atoms with Gasteiger partial charge in [-0.3, -0.25) is 0 Å². The molecule has 0 heterocycles. The number of hydrogen-bond donors (Lipinski definition) is 2. The zero-order valence-corrected chi connectivity index (χ0v) is 11.1. The van der Waals surface area contributed by atoms with Crippen molar-refractivity contribution >= 4 is 33.2 Å². The molecular weight excluding hydrogens is 277 g/mol. The molecule has 4 heteroatoms. The molecule has 0 bridgehead atoms. The molecule has 15 heavy (non-hydrogen) atoms. The summed E-state index contributed by atoms with van der Waals surface area (Å²) in [5.74, 6) is 0.765. The topological polar surface area (TPSA) is 32.3 Å². The molecule has 0 saturated heterocycles. The summed E-state index contributed by atoms with van der Waals surface area (Å²) in [7, 11) is 0. The van der Waals surface area contributed by atoms with E-state index in [1.807, 2.05) is 0 Å². The zero-order chi connectivity index (χ0) is 11.4. The van der Waals surface area contributed by atoms with E-state index in [4.69, 9.17) is 11.6 Å². The summed E-state index contributed by atoms with van der Waals surface area (Å²) in [5, 5.41) is 13.3. The van der Waals surface area contributed by atoms with E-state index in [-0.39, 0.29) is 5.75 Å². The van der Waals surface area contributed by atoms with Crippen molar-refractivity contribution < 1.29 is 5.11 Å². The average Bonchev–Trinajstić information content (AvgIpc) is 2.18. The summed E-state index contributed by atoms with van der Waals surface area (Å²) in [5.41, 5.74) is 0.674. The molecule has 0 fully saturated rings. The second-order valence-corrected chi connectivity index (χ2v) is 5.41. The fourth-order valence-electron chi connectivity index (χ4n) is 1.09. The number of anilines is 1. The van der Waals surface area contributed by atoms with Crippen LogP contribution in [-0.2, 0) is 0 Å². The van der Waals surface area contributed by atoms with E-state index in [9.17, 15) is 5.11 Å². The Hall–Kier alpha value is -0.410. The van der Waals surface area contributed by atoms with E-state index in [0.717, 1.165) is 6.54 Å². The number of alkyl halides is 1. The first-order chi connectivity index (χ1) is 7.00. The number of phenols is 1. The SMILES string of the molecule is CC(C)C(Br)CNc1cc(Cl)ccc1O. The maximum absolute atomic E-state index is 9.55. The molecule has 2 N–H and O–H groups in total. The number of hydrogen-bond acceptors (Lipinski definition) is 2. The van der Waals surface area contributed by atoms with Crippen LogP contribution in [0.5, 0.6) is 5.75 Å². The van der Waals surface area contributed by atoms with Crippen molar-refractivity contribution in [1.82, 2.24) is 0 Å². The molecule has 0 aromatic heterocycles. The minimum absolute atomic E-state index is 0.225. The van der Waals surface area contributed by atoms with Crippen molar-refractivity contribution in [1.29, 1.82) is 0 Å². The van der Waals surface area contributed by atoms with Crippen molar-refractivity contribution in [3.05, 3.63) is 23.2 Å². The van der Waals surface area contributed by atoms with E-state index in [1.54, 1.807) is 18.2 Å². The highest BCUT2D eigenvalue weighted by molar-refractivity contribution is 9.09. The van der Waals surface area contributed by atoms with Crippen molar-refractivity contribution in [3.63, 3.8) is 0 Å². The Morgan fingerprint density at radius 2 is 2.13 bits per heavy atom. The highest BCUT2D eigenvalue weighted by atomic mass is 79.9. The predicted molar refractivity (Wildman–Crippen MR) is 69.2 cm³/mol. The third-order valence-corrected chi connectivity index (χ3v) is 3.79. The maximum atomic E-state index is 9.55. The molecule has 2 nitrogen and oxygen atoms in total. The minimum atomic E-state index is 0.225. The van der Waals surface area contributed by atoms with Gasteiger partial charge in [0.1, 0.15) is 5.75 Å². The Morgan fingerprint density at radius 1 is 1.47 bits per heavy atom. The molecule has 0 spiro atoms. The van der Waals surface area contributed by atoms with Gasteiger partial charge in [-0.2, -0.15) is 0 Å². The highest BCUT2D eigenvalue weighted by Crippen LogP contribution is 2.27. The summed E-state index contributed by atoms with van der Waals surface area (Å²) >= 11 is 9.40. The normalized spacial score (nSPS) is 12.9. The Balaban J connectivity index is 2.61.